The molecule has 0 saturated carbocycles. The summed E-state index contributed by atoms with van der Waals surface area (Å²) < 4.78 is 0. The van der Waals surface area contributed by atoms with Gasteiger partial charge in [0.15, 0.2) is 0 Å². The first-order valence-electron chi connectivity index (χ1n) is 2.12. The van der Waals surface area contributed by atoms with Crippen LogP contribution in [-0.2, 0) is 0 Å². The van der Waals surface area contributed by atoms with E-state index in [1.54, 1.807) is 6.20 Å². The van der Waals surface area contributed by atoms with E-state index in [9.17, 15) is 0 Å². The predicted molar refractivity (Wildman–Crippen MR) is 31.3 cm³/mol. The van der Waals surface area contributed by atoms with Gasteiger partial charge in [-0.2, -0.15) is 10.3 Å². The Morgan fingerprint density at radius 1 is 1.88 bits per heavy atom. The Bertz CT molecular complexity index is 137. The Morgan fingerprint density at radius 3 is 3.25 bits per heavy atom. The molecular formula is C3H6N4S. The molecule has 0 amide bonds. The highest BCUT2D eigenvalue weighted by Crippen LogP contribution is 2.07. The Kier molecular flexibility index (Phi) is 1.87. The van der Waals surface area contributed by atoms with Crippen LogP contribution in [0, 0.1) is 0 Å². The molecule has 1 heterocycles. The predicted octanol–water partition coefficient (Wildman–Crippen LogP) is -0.187. The van der Waals surface area contributed by atoms with E-state index in [0.717, 1.165) is 5.03 Å². The Balaban J connectivity index is 2.50. The fraction of sp³-hybridized carbons (Fsp3) is 0.333. The number of hydrogen-bond donors (Lipinski definition) is 2. The molecule has 0 aliphatic rings. The van der Waals surface area contributed by atoms with Gasteiger partial charge in [0.1, 0.15) is 5.03 Å². The molecule has 44 valence electrons. The van der Waals surface area contributed by atoms with E-state index in [2.05, 4.69) is 15.4 Å². The minimum atomic E-state index is 0.548. The smallest absolute Gasteiger partial charge is 0.139 e. The molecule has 4 nitrogen and oxygen atoms in total. The summed E-state index contributed by atoms with van der Waals surface area (Å²) in [4.78, 5) is 0. The lowest BCUT2D eigenvalue weighted by Gasteiger charge is -1.83. The fourth-order valence-electron chi connectivity index (χ4n) is 0.346. The molecule has 0 aliphatic heterocycles. The van der Waals surface area contributed by atoms with Crippen LogP contribution in [-0.4, -0.2) is 21.3 Å². The largest absolute Gasteiger partial charge is 0.322 e. The van der Waals surface area contributed by atoms with Crippen molar-refractivity contribution in [3.63, 3.8) is 0 Å². The molecule has 8 heavy (non-hydrogen) atoms. The van der Waals surface area contributed by atoms with Crippen LogP contribution < -0.4 is 5.73 Å². The second kappa shape index (κ2) is 2.68. The number of thioether (sulfide) groups is 1. The van der Waals surface area contributed by atoms with Gasteiger partial charge in [0.05, 0.1) is 6.20 Å². The van der Waals surface area contributed by atoms with Gasteiger partial charge in [0.25, 0.3) is 0 Å². The lowest BCUT2D eigenvalue weighted by molar-refractivity contribution is 0.911. The highest BCUT2D eigenvalue weighted by atomic mass is 32.2. The lowest BCUT2D eigenvalue weighted by Crippen LogP contribution is -1.91. The number of aromatic nitrogens is 3. The van der Waals surface area contributed by atoms with E-state index < -0.39 is 0 Å². The van der Waals surface area contributed by atoms with Crippen LogP contribution in [0.15, 0.2) is 11.2 Å². The van der Waals surface area contributed by atoms with Crippen LogP contribution in [0.1, 0.15) is 0 Å². The topological polar surface area (TPSA) is 67.6 Å². The van der Waals surface area contributed by atoms with Crippen LogP contribution >= 0.6 is 11.8 Å². The minimum Gasteiger partial charge on any atom is -0.322 e. The quantitative estimate of drug-likeness (QED) is 0.430. The van der Waals surface area contributed by atoms with Crippen molar-refractivity contribution >= 4 is 11.8 Å². The zero-order valence-electron chi connectivity index (χ0n) is 4.16. The third-order valence-corrected chi connectivity index (χ3v) is 1.28. The molecule has 1 aromatic heterocycles. The number of rotatable bonds is 2. The van der Waals surface area contributed by atoms with Crippen molar-refractivity contribution in [3.8, 4) is 0 Å². The van der Waals surface area contributed by atoms with Crippen LogP contribution in [0.3, 0.4) is 0 Å². The molecule has 1 aromatic rings. The van der Waals surface area contributed by atoms with Gasteiger partial charge in [-0.1, -0.05) is 11.8 Å². The lowest BCUT2D eigenvalue weighted by atomic mass is 11.0. The molecule has 0 aliphatic carbocycles. The maximum absolute atomic E-state index is 5.20. The third-order valence-electron chi connectivity index (χ3n) is 0.624. The maximum Gasteiger partial charge on any atom is 0.139 e. The van der Waals surface area contributed by atoms with Crippen molar-refractivity contribution in [2.45, 2.75) is 5.03 Å². The standard InChI is InChI=1S/C3H6N4S/c4-2-8-3-1-5-7-6-3/h1H,2,4H2,(H,5,6,7). The molecule has 0 atom stereocenters. The summed E-state index contributed by atoms with van der Waals surface area (Å²) in [6, 6.07) is 0. The molecule has 0 unspecified atom stereocenters. The second-order valence-electron chi connectivity index (χ2n) is 1.12. The van der Waals surface area contributed by atoms with Gasteiger partial charge in [0, 0.05) is 5.88 Å². The average molecular weight is 130 g/mol. The van der Waals surface area contributed by atoms with Gasteiger partial charge in [-0.05, 0) is 0 Å². The highest BCUT2D eigenvalue weighted by molar-refractivity contribution is 7.99. The van der Waals surface area contributed by atoms with E-state index in [4.69, 9.17) is 5.73 Å². The van der Waals surface area contributed by atoms with Gasteiger partial charge in [0.2, 0.25) is 0 Å². The average Bonchev–Trinajstić information content (AvgIpc) is 2.19. The van der Waals surface area contributed by atoms with Crippen molar-refractivity contribution in [3.05, 3.63) is 6.20 Å². The number of nitrogens with zero attached hydrogens (tertiary/aromatic N) is 2. The maximum atomic E-state index is 5.20. The number of nitrogens with one attached hydrogen (secondary N) is 1. The third kappa shape index (κ3) is 1.21. The van der Waals surface area contributed by atoms with E-state index in [-0.39, 0.29) is 0 Å². The molecule has 0 saturated heterocycles. The van der Waals surface area contributed by atoms with Gasteiger partial charge in [-0.15, -0.1) is 5.10 Å². The van der Waals surface area contributed by atoms with Crippen LogP contribution in [0.5, 0.6) is 0 Å². The minimum absolute atomic E-state index is 0.548. The van der Waals surface area contributed by atoms with Crippen molar-refractivity contribution in [1.82, 2.24) is 15.4 Å². The molecule has 0 radical (unpaired) electrons. The number of nitrogens with two attached hydrogens (primary N) is 1. The van der Waals surface area contributed by atoms with E-state index >= 15 is 0 Å². The molecule has 0 bridgehead atoms. The van der Waals surface area contributed by atoms with Crippen molar-refractivity contribution in [1.29, 1.82) is 0 Å². The molecule has 0 fully saturated rings. The molecule has 0 aromatic carbocycles. The monoisotopic (exact) mass is 130 g/mol. The summed E-state index contributed by atoms with van der Waals surface area (Å²) in [5, 5.41) is 10.7. The Hall–Kier alpha value is -0.550. The molecular weight excluding hydrogens is 124 g/mol. The van der Waals surface area contributed by atoms with Gasteiger partial charge < -0.3 is 5.73 Å². The summed E-state index contributed by atoms with van der Waals surface area (Å²) in [6.07, 6.45) is 1.64. The van der Waals surface area contributed by atoms with Crippen LogP contribution in [0.25, 0.3) is 0 Å². The van der Waals surface area contributed by atoms with Gasteiger partial charge in [-0.3, -0.25) is 0 Å². The molecule has 3 N–H and O–H groups in total. The number of hydrogen-bond acceptors (Lipinski definition) is 4. The first-order chi connectivity index (χ1) is 3.93. The van der Waals surface area contributed by atoms with Crippen LogP contribution in [0.4, 0.5) is 0 Å². The highest BCUT2D eigenvalue weighted by Gasteiger charge is 1.90. The van der Waals surface area contributed by atoms with E-state index in [1.165, 1.54) is 11.8 Å². The Labute approximate surface area is 50.8 Å². The van der Waals surface area contributed by atoms with Gasteiger partial charge >= 0.3 is 0 Å². The molecule has 1 rings (SSSR count). The molecule has 0 spiro atoms. The summed E-state index contributed by atoms with van der Waals surface area (Å²) in [6.45, 7) is 0. The summed E-state index contributed by atoms with van der Waals surface area (Å²) >= 11 is 1.45. The summed E-state index contributed by atoms with van der Waals surface area (Å²) in [5.74, 6) is 0.548. The van der Waals surface area contributed by atoms with Crippen molar-refractivity contribution < 1.29 is 0 Å². The van der Waals surface area contributed by atoms with E-state index in [1.807, 2.05) is 0 Å². The molecule has 5 heteroatoms. The summed E-state index contributed by atoms with van der Waals surface area (Å²) in [5.41, 5.74) is 5.20. The summed E-state index contributed by atoms with van der Waals surface area (Å²) in [7, 11) is 0. The first kappa shape index (κ1) is 5.58. The zero-order valence-corrected chi connectivity index (χ0v) is 4.98. The van der Waals surface area contributed by atoms with Crippen molar-refractivity contribution in [2.75, 3.05) is 5.88 Å². The van der Waals surface area contributed by atoms with Gasteiger partial charge in [-0.25, -0.2) is 0 Å². The van der Waals surface area contributed by atoms with Crippen molar-refractivity contribution in [2.24, 2.45) is 5.73 Å². The first-order valence-corrected chi connectivity index (χ1v) is 3.10. The fourth-order valence-corrected chi connectivity index (χ4v) is 0.749. The Morgan fingerprint density at radius 2 is 2.75 bits per heavy atom. The van der Waals surface area contributed by atoms with E-state index in [0.29, 0.717) is 5.88 Å². The number of H-pyrrole nitrogens is 1. The number of aromatic amines is 1. The zero-order chi connectivity index (χ0) is 5.82. The normalized spacial score (nSPS) is 9.62. The SMILES string of the molecule is NCSc1cn[nH]n1. The van der Waals surface area contributed by atoms with Crippen LogP contribution in [0.2, 0.25) is 0 Å². The second-order valence-corrected chi connectivity index (χ2v) is 2.16.